The first kappa shape index (κ1) is 15.3. The van der Waals surface area contributed by atoms with Crippen LogP contribution in [0.25, 0.3) is 0 Å². The molecule has 3 N–H and O–H groups in total. The summed E-state index contributed by atoms with van der Waals surface area (Å²) in [4.78, 5) is -0.0302. The van der Waals surface area contributed by atoms with Gasteiger partial charge in [0.2, 0.25) is 0 Å². The molecule has 0 amide bonds. The zero-order valence-electron chi connectivity index (χ0n) is 10.5. The summed E-state index contributed by atoms with van der Waals surface area (Å²) in [6.45, 7) is 0. The van der Waals surface area contributed by atoms with E-state index in [1.807, 2.05) is 0 Å². The van der Waals surface area contributed by atoms with Gasteiger partial charge in [-0.15, -0.1) is 0 Å². The summed E-state index contributed by atoms with van der Waals surface area (Å²) in [5.41, 5.74) is 5.74. The number of anilines is 1. The van der Waals surface area contributed by atoms with Gasteiger partial charge in [0.15, 0.2) is 11.6 Å². The lowest BCUT2D eigenvalue weighted by Crippen LogP contribution is -2.15. The third-order valence-electron chi connectivity index (χ3n) is 2.60. The van der Waals surface area contributed by atoms with E-state index in [0.29, 0.717) is 5.56 Å². The summed E-state index contributed by atoms with van der Waals surface area (Å²) >= 11 is 4.78. The number of thiocarbonyl (C=S) groups is 1. The Balaban J connectivity index is 2.36. The minimum absolute atomic E-state index is 0.0554. The molecule has 0 aliphatic rings. The largest absolute Gasteiger partial charge is 0.389 e. The molecule has 2 aromatic carbocycles. The fraction of sp³-hybridized carbons (Fsp3) is 0. The van der Waals surface area contributed by atoms with Gasteiger partial charge < -0.3 is 5.73 Å². The van der Waals surface area contributed by atoms with E-state index < -0.39 is 21.7 Å². The molecular formula is C13H10F2N2O2S2. The maximum atomic E-state index is 13.1. The van der Waals surface area contributed by atoms with Crippen LogP contribution >= 0.6 is 12.2 Å². The quantitative estimate of drug-likeness (QED) is 0.846. The number of rotatable bonds is 4. The minimum Gasteiger partial charge on any atom is -0.389 e. The van der Waals surface area contributed by atoms with Gasteiger partial charge in [-0.1, -0.05) is 24.4 Å². The molecule has 0 saturated carbocycles. The van der Waals surface area contributed by atoms with E-state index in [1.54, 1.807) is 6.07 Å². The molecule has 2 aromatic rings. The Bertz CT molecular complexity index is 808. The van der Waals surface area contributed by atoms with Gasteiger partial charge in [0.1, 0.15) is 4.99 Å². The first-order valence-electron chi connectivity index (χ1n) is 5.67. The van der Waals surface area contributed by atoms with Crippen LogP contribution in [0.2, 0.25) is 0 Å². The molecule has 0 spiro atoms. The molecule has 8 heteroatoms. The number of halogens is 2. The Hall–Kier alpha value is -2.06. The Kier molecular flexibility index (Phi) is 4.19. The molecule has 110 valence electrons. The molecule has 0 radical (unpaired) electrons. The molecule has 0 atom stereocenters. The van der Waals surface area contributed by atoms with Crippen LogP contribution in [0.3, 0.4) is 0 Å². The van der Waals surface area contributed by atoms with Crippen LogP contribution in [0.4, 0.5) is 14.5 Å². The third-order valence-corrected chi connectivity index (χ3v) is 4.22. The van der Waals surface area contributed by atoms with E-state index in [1.165, 1.54) is 18.2 Å². The van der Waals surface area contributed by atoms with Gasteiger partial charge in [0, 0.05) is 11.6 Å². The van der Waals surface area contributed by atoms with Gasteiger partial charge in [-0.25, -0.2) is 17.2 Å². The molecule has 2 rings (SSSR count). The summed E-state index contributed by atoms with van der Waals surface area (Å²) in [6, 6.07) is 8.39. The molecule has 0 aliphatic carbocycles. The monoisotopic (exact) mass is 328 g/mol. The topological polar surface area (TPSA) is 72.2 Å². The molecular weight excluding hydrogens is 318 g/mol. The molecule has 21 heavy (non-hydrogen) atoms. The van der Waals surface area contributed by atoms with Gasteiger partial charge in [-0.05, 0) is 24.3 Å². The summed E-state index contributed by atoms with van der Waals surface area (Å²) in [7, 11) is -3.95. The molecule has 4 nitrogen and oxygen atoms in total. The lowest BCUT2D eigenvalue weighted by molar-refractivity contribution is 0.509. The fourth-order valence-corrected chi connectivity index (χ4v) is 2.81. The van der Waals surface area contributed by atoms with Crippen molar-refractivity contribution in [1.29, 1.82) is 0 Å². The van der Waals surface area contributed by atoms with Crippen molar-refractivity contribution in [3.05, 3.63) is 59.7 Å². The normalized spacial score (nSPS) is 11.1. The van der Waals surface area contributed by atoms with Crippen molar-refractivity contribution in [3.63, 3.8) is 0 Å². The standard InChI is InChI=1S/C13H10F2N2O2S2/c14-11-5-4-9(7-12(11)15)17-21(18,19)10-3-1-2-8(6-10)13(16)20/h1-7,17H,(H2,16,20). The molecule has 0 bridgehead atoms. The molecule has 0 fully saturated rings. The van der Waals surface area contributed by atoms with E-state index in [2.05, 4.69) is 4.72 Å². The summed E-state index contributed by atoms with van der Waals surface area (Å²) in [6.07, 6.45) is 0. The van der Waals surface area contributed by atoms with E-state index >= 15 is 0 Å². The van der Waals surface area contributed by atoms with Crippen molar-refractivity contribution < 1.29 is 17.2 Å². The maximum Gasteiger partial charge on any atom is 0.261 e. The molecule has 0 unspecified atom stereocenters. The van der Waals surface area contributed by atoms with Crippen LogP contribution in [0.15, 0.2) is 47.4 Å². The van der Waals surface area contributed by atoms with Crippen LogP contribution in [0, 0.1) is 11.6 Å². The number of hydrogen-bond donors (Lipinski definition) is 2. The van der Waals surface area contributed by atoms with E-state index in [4.69, 9.17) is 18.0 Å². The predicted molar refractivity (Wildman–Crippen MR) is 79.5 cm³/mol. The van der Waals surface area contributed by atoms with Crippen LogP contribution in [-0.2, 0) is 10.0 Å². The van der Waals surface area contributed by atoms with Gasteiger partial charge >= 0.3 is 0 Å². The minimum atomic E-state index is -3.95. The number of nitrogens with two attached hydrogens (primary N) is 1. The number of benzene rings is 2. The highest BCUT2D eigenvalue weighted by Gasteiger charge is 2.16. The lowest BCUT2D eigenvalue weighted by Gasteiger charge is -2.09. The molecule has 0 saturated heterocycles. The van der Waals surface area contributed by atoms with E-state index in [-0.39, 0.29) is 15.6 Å². The fourth-order valence-electron chi connectivity index (χ4n) is 1.59. The zero-order valence-corrected chi connectivity index (χ0v) is 12.1. The zero-order chi connectivity index (χ0) is 15.6. The van der Waals surface area contributed by atoms with Crippen molar-refractivity contribution >= 4 is 32.9 Å². The van der Waals surface area contributed by atoms with Gasteiger partial charge in [-0.2, -0.15) is 0 Å². The molecule has 0 aromatic heterocycles. The molecule has 0 heterocycles. The van der Waals surface area contributed by atoms with Crippen LogP contribution < -0.4 is 10.5 Å². The van der Waals surface area contributed by atoms with Crippen molar-refractivity contribution in [2.45, 2.75) is 4.90 Å². The van der Waals surface area contributed by atoms with Gasteiger partial charge in [0.25, 0.3) is 10.0 Å². The van der Waals surface area contributed by atoms with E-state index in [9.17, 15) is 17.2 Å². The van der Waals surface area contributed by atoms with Crippen molar-refractivity contribution in [1.82, 2.24) is 0 Å². The second-order valence-electron chi connectivity index (χ2n) is 4.13. The highest BCUT2D eigenvalue weighted by Crippen LogP contribution is 2.19. The summed E-state index contributed by atoms with van der Waals surface area (Å²) < 4.78 is 52.4. The van der Waals surface area contributed by atoms with E-state index in [0.717, 1.165) is 18.2 Å². The average molecular weight is 328 g/mol. The lowest BCUT2D eigenvalue weighted by atomic mass is 10.2. The second kappa shape index (κ2) is 5.74. The summed E-state index contributed by atoms with van der Waals surface area (Å²) in [5, 5.41) is 0. The average Bonchev–Trinajstić information content (AvgIpc) is 2.43. The van der Waals surface area contributed by atoms with Gasteiger partial charge in [-0.3, -0.25) is 4.72 Å². The summed E-state index contributed by atoms with van der Waals surface area (Å²) in [5.74, 6) is -2.21. The number of nitrogens with one attached hydrogen (secondary N) is 1. The van der Waals surface area contributed by atoms with Crippen molar-refractivity contribution in [3.8, 4) is 0 Å². The Labute approximate surface area is 125 Å². The van der Waals surface area contributed by atoms with Gasteiger partial charge in [0.05, 0.1) is 10.6 Å². The van der Waals surface area contributed by atoms with Crippen LogP contribution in [0.1, 0.15) is 5.56 Å². The maximum absolute atomic E-state index is 13.1. The first-order valence-corrected chi connectivity index (χ1v) is 7.56. The van der Waals surface area contributed by atoms with Crippen LogP contribution in [0.5, 0.6) is 0 Å². The van der Waals surface area contributed by atoms with Crippen molar-refractivity contribution in [2.24, 2.45) is 5.73 Å². The highest BCUT2D eigenvalue weighted by atomic mass is 32.2. The van der Waals surface area contributed by atoms with Crippen molar-refractivity contribution in [2.75, 3.05) is 4.72 Å². The smallest absolute Gasteiger partial charge is 0.261 e. The Morgan fingerprint density at radius 3 is 2.43 bits per heavy atom. The first-order chi connectivity index (χ1) is 9.79. The Morgan fingerprint density at radius 1 is 1.10 bits per heavy atom. The Morgan fingerprint density at radius 2 is 1.81 bits per heavy atom. The number of hydrogen-bond acceptors (Lipinski definition) is 3. The van der Waals surface area contributed by atoms with Crippen LogP contribution in [-0.4, -0.2) is 13.4 Å². The molecule has 0 aliphatic heterocycles. The third kappa shape index (κ3) is 3.53. The SMILES string of the molecule is NC(=S)c1cccc(S(=O)(=O)Nc2ccc(F)c(F)c2)c1. The predicted octanol–water partition coefficient (Wildman–Crippen LogP) is 2.40. The number of sulfonamides is 1. The second-order valence-corrected chi connectivity index (χ2v) is 6.25. The highest BCUT2D eigenvalue weighted by molar-refractivity contribution is 7.92.